The van der Waals surface area contributed by atoms with Crippen LogP contribution in [0.25, 0.3) is 5.69 Å². The number of hydrogen-bond acceptors (Lipinski definition) is 4. The first kappa shape index (κ1) is 10.1. The van der Waals surface area contributed by atoms with Crippen molar-refractivity contribution in [1.82, 2.24) is 20.2 Å². The highest BCUT2D eigenvalue weighted by Gasteiger charge is 2.06. The summed E-state index contributed by atoms with van der Waals surface area (Å²) in [7, 11) is 1.58. The van der Waals surface area contributed by atoms with Crippen LogP contribution in [-0.2, 0) is 0 Å². The standard InChI is InChI=1S/C8H7ClN4OS/c1-14-5-2-3-6(9)7(4-5)13-8(15)10-11-12-13/h2-4H,1H3,(H,10,12,15). The van der Waals surface area contributed by atoms with Gasteiger partial charge in [0.15, 0.2) is 0 Å². The van der Waals surface area contributed by atoms with Gasteiger partial charge >= 0.3 is 0 Å². The van der Waals surface area contributed by atoms with Crippen LogP contribution in [0.5, 0.6) is 5.75 Å². The number of aromatic amines is 1. The molecule has 0 bridgehead atoms. The number of methoxy groups -OCH3 is 1. The normalized spacial score (nSPS) is 10.3. The molecule has 0 aliphatic heterocycles. The third-order valence-electron chi connectivity index (χ3n) is 1.87. The topological polar surface area (TPSA) is 55.7 Å². The van der Waals surface area contributed by atoms with Gasteiger partial charge in [0.05, 0.1) is 17.8 Å². The van der Waals surface area contributed by atoms with Crippen molar-refractivity contribution in [2.75, 3.05) is 7.11 Å². The van der Waals surface area contributed by atoms with Crippen molar-refractivity contribution in [1.29, 1.82) is 0 Å². The van der Waals surface area contributed by atoms with Crippen LogP contribution in [0.1, 0.15) is 0 Å². The first-order chi connectivity index (χ1) is 7.22. The van der Waals surface area contributed by atoms with E-state index in [1.807, 2.05) is 0 Å². The van der Waals surface area contributed by atoms with E-state index in [1.165, 1.54) is 4.68 Å². The number of benzene rings is 1. The molecule has 1 heterocycles. The highest BCUT2D eigenvalue weighted by molar-refractivity contribution is 7.71. The Balaban J connectivity index is 2.62. The Morgan fingerprint density at radius 2 is 2.33 bits per heavy atom. The molecule has 0 saturated heterocycles. The number of tetrazole rings is 1. The number of halogens is 1. The summed E-state index contributed by atoms with van der Waals surface area (Å²) in [6.45, 7) is 0. The van der Waals surface area contributed by atoms with Crippen LogP contribution in [-0.4, -0.2) is 27.3 Å². The Bertz CT molecular complexity index is 535. The Morgan fingerprint density at radius 1 is 1.53 bits per heavy atom. The van der Waals surface area contributed by atoms with Gasteiger partial charge < -0.3 is 4.74 Å². The number of aromatic nitrogens is 4. The van der Waals surface area contributed by atoms with E-state index in [-0.39, 0.29) is 0 Å². The molecule has 0 unspecified atom stereocenters. The molecule has 78 valence electrons. The summed E-state index contributed by atoms with van der Waals surface area (Å²) in [6, 6.07) is 5.23. The van der Waals surface area contributed by atoms with Crippen LogP contribution in [0.4, 0.5) is 0 Å². The van der Waals surface area contributed by atoms with Gasteiger partial charge in [-0.25, -0.2) is 4.68 Å². The summed E-state index contributed by atoms with van der Waals surface area (Å²) < 4.78 is 6.90. The number of hydrogen-bond donors (Lipinski definition) is 1. The lowest BCUT2D eigenvalue weighted by Gasteiger charge is -2.06. The van der Waals surface area contributed by atoms with Gasteiger partial charge in [-0.3, -0.25) is 0 Å². The summed E-state index contributed by atoms with van der Waals surface area (Å²) in [5.41, 5.74) is 0.658. The minimum Gasteiger partial charge on any atom is -0.497 e. The van der Waals surface area contributed by atoms with Crippen LogP contribution in [0.2, 0.25) is 5.02 Å². The van der Waals surface area contributed by atoms with Crippen LogP contribution in [0.3, 0.4) is 0 Å². The minimum absolute atomic E-state index is 0.310. The number of nitrogens with zero attached hydrogens (tertiary/aromatic N) is 3. The molecule has 0 atom stereocenters. The molecule has 0 aliphatic rings. The van der Waals surface area contributed by atoms with Crippen molar-refractivity contribution >= 4 is 23.8 Å². The van der Waals surface area contributed by atoms with E-state index >= 15 is 0 Å². The van der Waals surface area contributed by atoms with E-state index in [9.17, 15) is 0 Å². The number of rotatable bonds is 2. The molecule has 1 aromatic carbocycles. The van der Waals surface area contributed by atoms with Crippen LogP contribution in [0, 0.1) is 4.77 Å². The van der Waals surface area contributed by atoms with Gasteiger partial charge in [-0.15, -0.1) is 0 Å². The quantitative estimate of drug-likeness (QED) is 0.819. The highest BCUT2D eigenvalue weighted by atomic mass is 35.5. The molecule has 0 aliphatic carbocycles. The van der Waals surface area contributed by atoms with Crippen LogP contribution in [0.15, 0.2) is 18.2 Å². The minimum atomic E-state index is 0.310. The molecular formula is C8H7ClN4OS. The second-order valence-corrected chi connectivity index (χ2v) is 3.51. The maximum atomic E-state index is 6.02. The maximum Gasteiger partial charge on any atom is 0.242 e. The summed E-state index contributed by atoms with van der Waals surface area (Å²) >= 11 is 11.0. The molecule has 7 heteroatoms. The lowest BCUT2D eigenvalue weighted by atomic mass is 10.3. The van der Waals surface area contributed by atoms with Gasteiger partial charge in [0.25, 0.3) is 0 Å². The van der Waals surface area contributed by atoms with Crippen molar-refractivity contribution in [2.24, 2.45) is 0 Å². The molecule has 0 radical (unpaired) electrons. The van der Waals surface area contributed by atoms with Gasteiger partial charge in [0, 0.05) is 6.07 Å². The van der Waals surface area contributed by atoms with E-state index in [4.69, 9.17) is 28.6 Å². The lowest BCUT2D eigenvalue weighted by molar-refractivity contribution is 0.414. The largest absolute Gasteiger partial charge is 0.497 e. The molecule has 0 fully saturated rings. The lowest BCUT2D eigenvalue weighted by Crippen LogP contribution is -1.98. The molecule has 5 nitrogen and oxygen atoms in total. The first-order valence-electron chi connectivity index (χ1n) is 4.06. The third-order valence-corrected chi connectivity index (χ3v) is 2.45. The van der Waals surface area contributed by atoms with Gasteiger partial charge in [0.1, 0.15) is 5.75 Å². The van der Waals surface area contributed by atoms with Crippen LogP contribution < -0.4 is 4.74 Å². The number of H-pyrrole nitrogens is 1. The molecule has 2 aromatic rings. The fraction of sp³-hybridized carbons (Fsp3) is 0.125. The van der Waals surface area contributed by atoms with E-state index in [0.29, 0.717) is 21.2 Å². The number of nitrogens with one attached hydrogen (secondary N) is 1. The first-order valence-corrected chi connectivity index (χ1v) is 4.85. The van der Waals surface area contributed by atoms with Crippen molar-refractivity contribution in [3.8, 4) is 11.4 Å². The van der Waals surface area contributed by atoms with Gasteiger partial charge in [-0.1, -0.05) is 21.9 Å². The second-order valence-electron chi connectivity index (χ2n) is 2.74. The summed E-state index contributed by atoms with van der Waals surface area (Å²) in [5, 5.41) is 10.4. The molecule has 0 spiro atoms. The molecule has 1 aromatic heterocycles. The Kier molecular flexibility index (Phi) is 2.70. The fourth-order valence-electron chi connectivity index (χ4n) is 1.15. The molecule has 15 heavy (non-hydrogen) atoms. The van der Waals surface area contributed by atoms with Crippen molar-refractivity contribution in [3.63, 3.8) is 0 Å². The summed E-state index contributed by atoms with van der Waals surface area (Å²) in [6.07, 6.45) is 0. The second kappa shape index (κ2) is 4.00. The number of ether oxygens (including phenoxy) is 1. The smallest absolute Gasteiger partial charge is 0.242 e. The van der Waals surface area contributed by atoms with E-state index in [2.05, 4.69) is 15.5 Å². The van der Waals surface area contributed by atoms with Crippen molar-refractivity contribution in [2.45, 2.75) is 0 Å². The monoisotopic (exact) mass is 242 g/mol. The average molecular weight is 243 g/mol. The molecule has 0 amide bonds. The Morgan fingerprint density at radius 3 is 2.93 bits per heavy atom. The van der Waals surface area contributed by atoms with E-state index in [0.717, 1.165) is 0 Å². The predicted octanol–water partition coefficient (Wildman–Crippen LogP) is 1.99. The van der Waals surface area contributed by atoms with E-state index < -0.39 is 0 Å². The van der Waals surface area contributed by atoms with Crippen LogP contribution >= 0.6 is 23.8 Å². The zero-order valence-corrected chi connectivity index (χ0v) is 9.34. The van der Waals surface area contributed by atoms with Crippen molar-refractivity contribution < 1.29 is 4.74 Å². The van der Waals surface area contributed by atoms with Gasteiger partial charge in [-0.2, -0.15) is 5.21 Å². The molecule has 2 rings (SSSR count). The van der Waals surface area contributed by atoms with Crippen molar-refractivity contribution in [3.05, 3.63) is 28.0 Å². The zero-order valence-electron chi connectivity index (χ0n) is 7.77. The SMILES string of the molecule is COc1ccc(Cl)c(-n2[nH]nnc2=S)c1. The van der Waals surface area contributed by atoms with E-state index in [1.54, 1.807) is 25.3 Å². The third kappa shape index (κ3) is 1.86. The molecular weight excluding hydrogens is 236 g/mol. The Labute approximate surface area is 95.6 Å². The summed E-state index contributed by atoms with van der Waals surface area (Å²) in [5.74, 6) is 0.686. The van der Waals surface area contributed by atoms with Gasteiger partial charge in [-0.05, 0) is 24.4 Å². The molecule has 0 saturated carbocycles. The zero-order chi connectivity index (χ0) is 10.8. The molecule has 1 N–H and O–H groups in total. The fourth-order valence-corrected chi connectivity index (χ4v) is 1.53. The summed E-state index contributed by atoms with van der Waals surface area (Å²) in [4.78, 5) is 0. The average Bonchev–Trinajstić information content (AvgIpc) is 2.65. The van der Waals surface area contributed by atoms with Gasteiger partial charge in [0.2, 0.25) is 4.77 Å². The Hall–Kier alpha value is -1.40. The highest BCUT2D eigenvalue weighted by Crippen LogP contribution is 2.24. The predicted molar refractivity (Wildman–Crippen MR) is 58.1 cm³/mol. The maximum absolute atomic E-state index is 6.02.